The first-order chi connectivity index (χ1) is 10.5. The number of pyridine rings is 1. The zero-order valence-corrected chi connectivity index (χ0v) is 13.3. The largest absolute Gasteiger partial charge is 0.465 e. The van der Waals surface area contributed by atoms with Crippen LogP contribution in [0.2, 0.25) is 0 Å². The maximum Gasteiger partial charge on any atom is 0.417 e. The van der Waals surface area contributed by atoms with Gasteiger partial charge in [-0.05, 0) is 33.3 Å². The molecule has 0 aromatic carbocycles. The molecule has 1 N–H and O–H groups in total. The Labute approximate surface area is 132 Å². The van der Waals surface area contributed by atoms with Crippen LogP contribution < -0.4 is 4.90 Å². The first-order valence-corrected chi connectivity index (χ1v) is 7.29. The summed E-state index contributed by atoms with van der Waals surface area (Å²) in [5, 5.41) is 9.42. The first-order valence-electron chi connectivity index (χ1n) is 7.29. The number of carboxylic acid groups (broad SMARTS) is 1. The zero-order valence-electron chi connectivity index (χ0n) is 13.3. The number of aromatic nitrogens is 1. The van der Waals surface area contributed by atoms with Gasteiger partial charge in [0.25, 0.3) is 0 Å². The Bertz CT molecular complexity index is 584. The van der Waals surface area contributed by atoms with Crippen LogP contribution in [0.4, 0.5) is 23.7 Å². The van der Waals surface area contributed by atoms with Crippen LogP contribution in [0, 0.1) is 0 Å². The van der Waals surface area contributed by atoms with E-state index in [1.165, 1.54) is 11.1 Å². The normalized spacial score (nSPS) is 19.0. The number of halogens is 3. The molecule has 128 valence electrons. The molecule has 1 fully saturated rings. The van der Waals surface area contributed by atoms with Gasteiger partial charge in [0.1, 0.15) is 0 Å². The topological polar surface area (TPSA) is 56.7 Å². The molecule has 0 spiro atoms. The van der Waals surface area contributed by atoms with E-state index in [0.29, 0.717) is 25.2 Å². The lowest BCUT2D eigenvalue weighted by molar-refractivity contribution is -0.137. The van der Waals surface area contributed by atoms with E-state index in [-0.39, 0.29) is 6.04 Å². The standard InChI is InChI=1S/C15H20F3N3O2/c1-14(2,3)21(13(22)23)11-4-5-20(9-11)12-6-10(7-19-8-12)15(16,17)18/h6-8,11H,4-5,9H2,1-3H3,(H,22,23). The van der Waals surface area contributed by atoms with Crippen LogP contribution in [0.25, 0.3) is 0 Å². The first kappa shape index (κ1) is 17.4. The fraction of sp³-hybridized carbons (Fsp3) is 0.600. The number of hydrogen-bond donors (Lipinski definition) is 1. The third-order valence-corrected chi connectivity index (χ3v) is 3.87. The van der Waals surface area contributed by atoms with Crippen molar-refractivity contribution in [2.45, 2.75) is 44.9 Å². The number of amides is 1. The number of rotatable bonds is 2. The van der Waals surface area contributed by atoms with Crippen molar-refractivity contribution in [1.82, 2.24) is 9.88 Å². The predicted octanol–water partition coefficient (Wildman–Crippen LogP) is 3.46. The van der Waals surface area contributed by atoms with E-state index >= 15 is 0 Å². The van der Waals surface area contributed by atoms with Crippen LogP contribution >= 0.6 is 0 Å². The van der Waals surface area contributed by atoms with Crippen molar-refractivity contribution in [1.29, 1.82) is 0 Å². The highest BCUT2D eigenvalue weighted by Crippen LogP contribution is 2.33. The van der Waals surface area contributed by atoms with Crippen LogP contribution in [0.1, 0.15) is 32.8 Å². The third kappa shape index (κ3) is 3.86. The van der Waals surface area contributed by atoms with Crippen molar-refractivity contribution in [2.75, 3.05) is 18.0 Å². The fourth-order valence-corrected chi connectivity index (χ4v) is 2.93. The highest BCUT2D eigenvalue weighted by atomic mass is 19.4. The Hall–Kier alpha value is -1.99. The monoisotopic (exact) mass is 331 g/mol. The summed E-state index contributed by atoms with van der Waals surface area (Å²) in [5.41, 5.74) is -1.01. The number of alkyl halides is 3. The summed E-state index contributed by atoms with van der Waals surface area (Å²) >= 11 is 0. The highest BCUT2D eigenvalue weighted by Gasteiger charge is 2.38. The Morgan fingerprint density at radius 3 is 2.52 bits per heavy atom. The summed E-state index contributed by atoms with van der Waals surface area (Å²) in [5.74, 6) is 0. The van der Waals surface area contributed by atoms with E-state index in [1.54, 1.807) is 25.7 Å². The maximum absolute atomic E-state index is 12.8. The van der Waals surface area contributed by atoms with Gasteiger partial charge in [-0.3, -0.25) is 9.88 Å². The van der Waals surface area contributed by atoms with Gasteiger partial charge in [0.2, 0.25) is 0 Å². The zero-order chi connectivity index (χ0) is 17.4. The lowest BCUT2D eigenvalue weighted by Gasteiger charge is -2.38. The molecule has 1 aromatic heterocycles. The van der Waals surface area contributed by atoms with Crippen LogP contribution in [0.5, 0.6) is 0 Å². The second-order valence-corrected chi connectivity index (χ2v) is 6.64. The van der Waals surface area contributed by atoms with Gasteiger partial charge in [0.05, 0.1) is 23.5 Å². The van der Waals surface area contributed by atoms with Crippen molar-refractivity contribution in [3.8, 4) is 0 Å². The van der Waals surface area contributed by atoms with E-state index < -0.39 is 23.4 Å². The molecule has 1 aromatic rings. The third-order valence-electron chi connectivity index (χ3n) is 3.87. The minimum Gasteiger partial charge on any atom is -0.465 e. The van der Waals surface area contributed by atoms with Crippen molar-refractivity contribution >= 4 is 11.8 Å². The van der Waals surface area contributed by atoms with Gasteiger partial charge in [0.15, 0.2) is 0 Å². The molecule has 1 unspecified atom stereocenters. The van der Waals surface area contributed by atoms with Crippen LogP contribution in [0.15, 0.2) is 18.5 Å². The lowest BCUT2D eigenvalue weighted by atomic mass is 10.0. The average Bonchev–Trinajstić information content (AvgIpc) is 2.85. The predicted molar refractivity (Wildman–Crippen MR) is 79.5 cm³/mol. The molecule has 1 saturated heterocycles. The number of hydrogen-bond acceptors (Lipinski definition) is 3. The summed E-state index contributed by atoms with van der Waals surface area (Å²) in [6, 6.07) is 0.791. The number of carbonyl (C=O) groups is 1. The SMILES string of the molecule is CC(C)(C)N(C(=O)O)C1CCN(c2cncc(C(F)(F)F)c2)C1. The molecule has 0 bridgehead atoms. The van der Waals surface area contributed by atoms with Crippen LogP contribution in [-0.2, 0) is 6.18 Å². The van der Waals surface area contributed by atoms with Gasteiger partial charge in [-0.15, -0.1) is 0 Å². The Morgan fingerprint density at radius 2 is 2.00 bits per heavy atom. The minimum absolute atomic E-state index is 0.262. The number of anilines is 1. The van der Waals surface area contributed by atoms with Gasteiger partial charge in [-0.25, -0.2) is 4.79 Å². The summed E-state index contributed by atoms with van der Waals surface area (Å²) in [6.07, 6.45) is -2.73. The second-order valence-electron chi connectivity index (χ2n) is 6.64. The van der Waals surface area contributed by atoms with Crippen molar-refractivity contribution in [3.63, 3.8) is 0 Å². The molecular weight excluding hydrogens is 311 g/mol. The molecule has 1 atom stereocenters. The Balaban J connectivity index is 2.18. The highest BCUT2D eigenvalue weighted by molar-refractivity contribution is 5.67. The van der Waals surface area contributed by atoms with Gasteiger partial charge >= 0.3 is 12.3 Å². The maximum atomic E-state index is 12.8. The molecule has 2 rings (SSSR count). The summed E-state index contributed by atoms with van der Waals surface area (Å²) in [6.45, 7) is 6.25. The molecule has 5 nitrogen and oxygen atoms in total. The smallest absolute Gasteiger partial charge is 0.417 e. The van der Waals surface area contributed by atoms with Crippen molar-refractivity contribution < 1.29 is 23.1 Å². The second kappa shape index (κ2) is 5.90. The van der Waals surface area contributed by atoms with E-state index in [0.717, 1.165) is 12.3 Å². The molecule has 0 radical (unpaired) electrons. The summed E-state index contributed by atoms with van der Waals surface area (Å²) in [7, 11) is 0. The van der Waals surface area contributed by atoms with Crippen LogP contribution in [-0.4, -0.2) is 45.8 Å². The molecule has 8 heteroatoms. The van der Waals surface area contributed by atoms with Gasteiger partial charge < -0.3 is 10.0 Å². The number of nitrogens with zero attached hydrogens (tertiary/aromatic N) is 3. The van der Waals surface area contributed by atoms with Gasteiger partial charge in [0, 0.05) is 24.8 Å². The van der Waals surface area contributed by atoms with Gasteiger partial charge in [-0.2, -0.15) is 13.2 Å². The Morgan fingerprint density at radius 1 is 1.35 bits per heavy atom. The van der Waals surface area contributed by atoms with Crippen molar-refractivity contribution in [3.05, 3.63) is 24.0 Å². The average molecular weight is 331 g/mol. The summed E-state index contributed by atoms with van der Waals surface area (Å²) in [4.78, 5) is 18.3. The summed E-state index contributed by atoms with van der Waals surface area (Å²) < 4.78 is 38.3. The molecule has 0 aliphatic carbocycles. The van der Waals surface area contributed by atoms with E-state index in [4.69, 9.17) is 0 Å². The van der Waals surface area contributed by atoms with E-state index in [9.17, 15) is 23.1 Å². The lowest BCUT2D eigenvalue weighted by Crippen LogP contribution is -2.52. The molecule has 2 heterocycles. The molecule has 23 heavy (non-hydrogen) atoms. The quantitative estimate of drug-likeness (QED) is 0.902. The van der Waals surface area contributed by atoms with E-state index in [2.05, 4.69) is 4.98 Å². The minimum atomic E-state index is -4.44. The molecule has 1 aliphatic heterocycles. The Kier molecular flexibility index (Phi) is 4.45. The van der Waals surface area contributed by atoms with E-state index in [1.807, 2.05) is 0 Å². The fourth-order valence-electron chi connectivity index (χ4n) is 2.93. The van der Waals surface area contributed by atoms with Crippen molar-refractivity contribution in [2.24, 2.45) is 0 Å². The molecular formula is C15H20F3N3O2. The molecule has 1 aliphatic rings. The molecule has 0 saturated carbocycles. The van der Waals surface area contributed by atoms with Crippen LogP contribution in [0.3, 0.4) is 0 Å². The van der Waals surface area contributed by atoms with Gasteiger partial charge in [-0.1, -0.05) is 0 Å². The molecule has 1 amide bonds.